The van der Waals surface area contributed by atoms with E-state index >= 15 is 0 Å². The highest BCUT2D eigenvalue weighted by atomic mass is 32.1. The van der Waals surface area contributed by atoms with Crippen LogP contribution in [0.15, 0.2) is 29.1 Å². The molecule has 102 valence electrons. The Hall–Kier alpha value is -2.48. The van der Waals surface area contributed by atoms with Crippen molar-refractivity contribution in [2.75, 3.05) is 0 Å². The predicted molar refractivity (Wildman–Crippen MR) is 72.7 cm³/mol. The number of nitrogens with zero attached hydrogens (tertiary/aromatic N) is 3. The van der Waals surface area contributed by atoms with E-state index in [1.165, 1.54) is 35.9 Å². The van der Waals surface area contributed by atoms with E-state index < -0.39 is 11.4 Å². The second kappa shape index (κ2) is 4.27. The van der Waals surface area contributed by atoms with Gasteiger partial charge < -0.3 is 10.2 Å². The zero-order chi connectivity index (χ0) is 14.4. The predicted octanol–water partition coefficient (Wildman–Crippen LogP) is 1.84. The number of H-pyrrole nitrogens is 1. The second-order valence-electron chi connectivity index (χ2n) is 4.25. The van der Waals surface area contributed by atoms with Gasteiger partial charge in [-0.1, -0.05) is 0 Å². The fraction of sp³-hybridized carbons (Fsp3) is 0.0833. The van der Waals surface area contributed by atoms with Gasteiger partial charge in [-0.15, -0.1) is 0 Å². The van der Waals surface area contributed by atoms with Crippen LogP contribution < -0.4 is 5.56 Å². The lowest BCUT2D eigenvalue weighted by molar-refractivity contribution is 0.202. The van der Waals surface area contributed by atoms with Gasteiger partial charge in [0.2, 0.25) is 0 Å². The number of halogens is 1. The van der Waals surface area contributed by atoms with Crippen molar-refractivity contribution in [3.05, 3.63) is 45.2 Å². The number of imidazole rings is 1. The molecule has 0 amide bonds. The Bertz CT molecular complexity index is 924. The van der Waals surface area contributed by atoms with E-state index in [0.29, 0.717) is 10.3 Å². The lowest BCUT2D eigenvalue weighted by Crippen LogP contribution is -2.20. The molecule has 2 heterocycles. The zero-order valence-corrected chi connectivity index (χ0v) is 11.1. The summed E-state index contributed by atoms with van der Waals surface area (Å²) in [6, 6.07) is 5.41. The Morgan fingerprint density at radius 2 is 2.00 bits per heavy atom. The van der Waals surface area contributed by atoms with Gasteiger partial charge in [0.1, 0.15) is 5.82 Å². The van der Waals surface area contributed by atoms with Gasteiger partial charge in [-0.3, -0.25) is 9.36 Å². The Morgan fingerprint density at radius 1 is 1.35 bits per heavy atom. The van der Waals surface area contributed by atoms with Crippen molar-refractivity contribution >= 4 is 23.4 Å². The molecule has 1 aromatic carbocycles. The Kier molecular flexibility index (Phi) is 2.68. The van der Waals surface area contributed by atoms with Crippen molar-refractivity contribution in [3.63, 3.8) is 0 Å². The first kappa shape index (κ1) is 12.5. The van der Waals surface area contributed by atoms with Gasteiger partial charge in [0.25, 0.3) is 5.56 Å². The third-order valence-electron chi connectivity index (χ3n) is 2.99. The quantitative estimate of drug-likeness (QED) is 0.530. The summed E-state index contributed by atoms with van der Waals surface area (Å²) in [4.78, 5) is 18.9. The van der Waals surface area contributed by atoms with E-state index in [4.69, 9.17) is 12.2 Å². The second-order valence-corrected chi connectivity index (χ2v) is 4.63. The minimum atomic E-state index is -0.466. The first-order valence-corrected chi connectivity index (χ1v) is 6.07. The molecule has 8 heteroatoms. The van der Waals surface area contributed by atoms with Crippen LogP contribution in [0.25, 0.3) is 22.6 Å². The first-order valence-electron chi connectivity index (χ1n) is 5.66. The molecule has 2 aromatic heterocycles. The fourth-order valence-electron chi connectivity index (χ4n) is 1.91. The molecule has 6 nitrogen and oxygen atoms in total. The number of aromatic nitrogens is 4. The summed E-state index contributed by atoms with van der Waals surface area (Å²) >= 11 is 4.98. The topological polar surface area (TPSA) is 75.8 Å². The van der Waals surface area contributed by atoms with Gasteiger partial charge in [0.15, 0.2) is 21.8 Å². The molecule has 0 unspecified atom stereocenters. The summed E-state index contributed by atoms with van der Waals surface area (Å²) in [6.07, 6.45) is 0. The minimum absolute atomic E-state index is 0.0135. The summed E-state index contributed by atoms with van der Waals surface area (Å²) in [7, 11) is 1.49. The number of benzene rings is 1. The lowest BCUT2D eigenvalue weighted by atomic mass is 10.2. The molecule has 0 atom stereocenters. The maximum atomic E-state index is 12.9. The largest absolute Gasteiger partial charge is 0.426 e. The Morgan fingerprint density at radius 3 is 2.65 bits per heavy atom. The molecule has 0 aliphatic rings. The molecule has 2 N–H and O–H groups in total. The Labute approximate surface area is 116 Å². The summed E-state index contributed by atoms with van der Waals surface area (Å²) in [5.41, 5.74) is 0.180. The van der Waals surface area contributed by atoms with Crippen LogP contribution in [0.4, 0.5) is 4.39 Å². The molecule has 0 fully saturated rings. The minimum Gasteiger partial charge on any atom is -0.426 e. The van der Waals surface area contributed by atoms with Crippen molar-refractivity contribution in [3.8, 4) is 11.4 Å². The van der Waals surface area contributed by atoms with Crippen molar-refractivity contribution in [1.29, 1.82) is 0 Å². The van der Waals surface area contributed by atoms with E-state index in [1.54, 1.807) is 0 Å². The average Bonchev–Trinajstić information content (AvgIpc) is 2.74. The van der Waals surface area contributed by atoms with Crippen molar-refractivity contribution in [1.82, 2.24) is 19.3 Å². The molecular formula is C12H9FN4O2S. The number of fused-ring (bicyclic) bond motifs is 1. The Balaban J connectivity index is 2.37. The maximum Gasteiger partial charge on any atom is 0.283 e. The highest BCUT2D eigenvalue weighted by molar-refractivity contribution is 7.71. The van der Waals surface area contributed by atoms with E-state index in [0.717, 1.165) is 0 Å². The number of nitrogens with one attached hydrogen (secondary N) is 1. The summed E-state index contributed by atoms with van der Waals surface area (Å²) in [6.45, 7) is 0. The van der Waals surface area contributed by atoms with Crippen LogP contribution in [0.3, 0.4) is 0 Å². The van der Waals surface area contributed by atoms with Crippen LogP contribution in [-0.4, -0.2) is 24.5 Å². The molecule has 3 rings (SSSR count). The molecule has 0 saturated heterocycles. The van der Waals surface area contributed by atoms with Gasteiger partial charge in [-0.25, -0.2) is 9.37 Å². The van der Waals surface area contributed by atoms with Crippen molar-refractivity contribution < 1.29 is 9.60 Å². The highest BCUT2D eigenvalue weighted by Crippen LogP contribution is 2.20. The first-order chi connectivity index (χ1) is 9.49. The molecule has 20 heavy (non-hydrogen) atoms. The van der Waals surface area contributed by atoms with Crippen LogP contribution >= 0.6 is 12.2 Å². The highest BCUT2D eigenvalue weighted by Gasteiger charge is 2.16. The summed E-state index contributed by atoms with van der Waals surface area (Å²) in [5.74, 6) is -0.265. The summed E-state index contributed by atoms with van der Waals surface area (Å²) in [5, 5.41) is 10.1. The van der Waals surface area contributed by atoms with E-state index in [1.807, 2.05) is 0 Å². The average molecular weight is 292 g/mol. The zero-order valence-electron chi connectivity index (χ0n) is 10.3. The van der Waals surface area contributed by atoms with Crippen LogP contribution in [-0.2, 0) is 7.05 Å². The maximum absolute atomic E-state index is 12.9. The van der Waals surface area contributed by atoms with E-state index in [2.05, 4.69) is 9.97 Å². The van der Waals surface area contributed by atoms with Gasteiger partial charge in [-0.2, -0.15) is 4.73 Å². The molecule has 0 saturated carbocycles. The normalized spacial score (nSPS) is 11.1. The van der Waals surface area contributed by atoms with Crippen molar-refractivity contribution in [2.24, 2.45) is 7.05 Å². The molecule has 0 bridgehead atoms. The van der Waals surface area contributed by atoms with Gasteiger partial charge in [0.05, 0.1) is 0 Å². The smallest absolute Gasteiger partial charge is 0.283 e. The summed E-state index contributed by atoms with van der Waals surface area (Å²) < 4.78 is 15.0. The molecule has 3 aromatic rings. The van der Waals surface area contributed by atoms with E-state index in [-0.39, 0.29) is 21.8 Å². The van der Waals surface area contributed by atoms with Crippen LogP contribution in [0.1, 0.15) is 0 Å². The van der Waals surface area contributed by atoms with Crippen LogP contribution in [0.5, 0.6) is 0 Å². The third-order valence-corrected chi connectivity index (χ3v) is 3.37. The number of aromatic amines is 1. The van der Waals surface area contributed by atoms with E-state index in [9.17, 15) is 14.4 Å². The van der Waals surface area contributed by atoms with Crippen LogP contribution in [0.2, 0.25) is 0 Å². The third kappa shape index (κ3) is 1.73. The lowest BCUT2D eigenvalue weighted by Gasteiger charge is -2.01. The SMILES string of the molecule is Cn1c(=S)[nH]c2nc(-c3ccc(F)cc3)n(O)c2c1=O. The monoisotopic (exact) mass is 292 g/mol. The fourth-order valence-corrected chi connectivity index (χ4v) is 2.09. The molecular weight excluding hydrogens is 283 g/mol. The van der Waals surface area contributed by atoms with Crippen LogP contribution in [0, 0.1) is 10.6 Å². The molecule has 0 aliphatic heterocycles. The number of hydrogen-bond acceptors (Lipinski definition) is 4. The molecule has 0 radical (unpaired) electrons. The molecule has 0 spiro atoms. The molecule has 0 aliphatic carbocycles. The van der Waals surface area contributed by atoms with Crippen molar-refractivity contribution in [2.45, 2.75) is 0 Å². The number of rotatable bonds is 1. The standard InChI is InChI=1S/C12H9FN4O2S/c1-16-11(18)8-9(15-12(16)20)14-10(17(8)19)6-2-4-7(13)5-3-6/h2-5,19H,1H3,(H,15,20). The number of hydrogen-bond donors (Lipinski definition) is 2. The van der Waals surface area contributed by atoms with Gasteiger partial charge >= 0.3 is 0 Å². The van der Waals surface area contributed by atoms with Gasteiger partial charge in [0, 0.05) is 12.6 Å². The van der Waals surface area contributed by atoms with Gasteiger partial charge in [-0.05, 0) is 36.5 Å².